The Balaban J connectivity index is 1.34. The Morgan fingerprint density at radius 3 is 2.54 bits per heavy atom. The summed E-state index contributed by atoms with van der Waals surface area (Å²) in [7, 11) is -3.45. The molecule has 154 valence electrons. The highest BCUT2D eigenvalue weighted by Gasteiger charge is 2.31. The number of nitrogens with zero attached hydrogens (tertiary/aromatic N) is 3. The van der Waals surface area contributed by atoms with Crippen LogP contribution >= 0.6 is 0 Å². The number of aryl methyl sites for hydroxylation is 2. The zero-order valence-corrected chi connectivity index (χ0v) is 17.6. The van der Waals surface area contributed by atoms with Gasteiger partial charge in [0.1, 0.15) is 0 Å². The Hall–Kier alpha value is -1.44. The molecule has 2 heterocycles. The predicted molar refractivity (Wildman–Crippen MR) is 109 cm³/mol. The van der Waals surface area contributed by atoms with Gasteiger partial charge in [0.05, 0.1) is 11.4 Å². The number of likely N-dealkylation sites (tertiary alicyclic amines) is 1. The van der Waals surface area contributed by atoms with Gasteiger partial charge in [-0.05, 0) is 61.3 Å². The van der Waals surface area contributed by atoms with Gasteiger partial charge in [-0.3, -0.25) is 9.69 Å². The molecule has 28 heavy (non-hydrogen) atoms. The summed E-state index contributed by atoms with van der Waals surface area (Å²) in [6.45, 7) is 6.42. The first-order valence-corrected chi connectivity index (χ1v) is 12.0. The summed E-state index contributed by atoms with van der Waals surface area (Å²) in [5, 5.41) is 0. The molecule has 3 aliphatic rings. The number of carbonyl (C=O) groups is 1. The van der Waals surface area contributed by atoms with E-state index < -0.39 is 10.0 Å². The van der Waals surface area contributed by atoms with Gasteiger partial charge in [0, 0.05) is 39.3 Å². The number of rotatable bonds is 4. The second kappa shape index (κ2) is 8.13. The first kappa shape index (κ1) is 19.9. The van der Waals surface area contributed by atoms with Crippen LogP contribution in [-0.2, 0) is 27.7 Å². The van der Waals surface area contributed by atoms with Gasteiger partial charge in [0.2, 0.25) is 15.9 Å². The first-order chi connectivity index (χ1) is 13.4. The van der Waals surface area contributed by atoms with Crippen molar-refractivity contribution in [1.29, 1.82) is 0 Å². The number of sulfonamides is 1. The maximum absolute atomic E-state index is 13.0. The fraction of sp³-hybridized carbons (Fsp3) is 0.667. The quantitative estimate of drug-likeness (QED) is 0.766. The number of hydrogen-bond donors (Lipinski definition) is 0. The molecule has 2 fully saturated rings. The number of carbonyl (C=O) groups excluding carboxylic acids is 1. The van der Waals surface area contributed by atoms with Crippen molar-refractivity contribution >= 4 is 15.9 Å². The number of piperidine rings is 1. The third kappa shape index (κ3) is 4.11. The summed E-state index contributed by atoms with van der Waals surface area (Å²) in [5.41, 5.74) is 2.47. The van der Waals surface area contributed by atoms with Crippen LogP contribution in [0.2, 0.25) is 0 Å². The van der Waals surface area contributed by atoms with Gasteiger partial charge in [-0.2, -0.15) is 4.31 Å². The van der Waals surface area contributed by atoms with Crippen molar-refractivity contribution in [2.45, 2.75) is 43.9 Å². The SMILES string of the molecule is C[C@H]1CCCN(C(=O)CN2CCN(S(=O)(=O)c3ccc4c(c3)CCC4)CC2)C1. The highest BCUT2D eigenvalue weighted by Crippen LogP contribution is 2.26. The molecule has 0 aromatic heterocycles. The summed E-state index contributed by atoms with van der Waals surface area (Å²) >= 11 is 0. The number of piperazine rings is 1. The van der Waals surface area contributed by atoms with E-state index in [0.717, 1.165) is 38.8 Å². The van der Waals surface area contributed by atoms with E-state index in [1.54, 1.807) is 10.4 Å². The molecule has 2 saturated heterocycles. The maximum atomic E-state index is 13.0. The van der Waals surface area contributed by atoms with Gasteiger partial charge >= 0.3 is 0 Å². The van der Waals surface area contributed by atoms with Gasteiger partial charge in [-0.25, -0.2) is 8.42 Å². The second-order valence-corrected chi connectivity index (χ2v) is 10.5. The van der Waals surface area contributed by atoms with Crippen LogP contribution in [0.4, 0.5) is 0 Å². The van der Waals surface area contributed by atoms with Crippen LogP contribution in [0.15, 0.2) is 23.1 Å². The molecule has 1 amide bonds. The molecule has 1 atom stereocenters. The molecule has 4 rings (SSSR count). The van der Waals surface area contributed by atoms with Crippen LogP contribution < -0.4 is 0 Å². The standard InChI is InChI=1S/C21H31N3O3S/c1-17-4-3-9-23(15-17)21(25)16-22-10-12-24(13-11-22)28(26,27)20-8-7-18-5-2-6-19(18)14-20/h7-8,14,17H,2-6,9-13,15-16H2,1H3/t17-/m0/s1. The highest BCUT2D eigenvalue weighted by molar-refractivity contribution is 7.89. The van der Waals surface area contributed by atoms with Crippen LogP contribution in [0.5, 0.6) is 0 Å². The highest BCUT2D eigenvalue weighted by atomic mass is 32.2. The van der Waals surface area contributed by atoms with E-state index in [2.05, 4.69) is 11.8 Å². The van der Waals surface area contributed by atoms with Crippen molar-refractivity contribution in [2.24, 2.45) is 5.92 Å². The number of hydrogen-bond acceptors (Lipinski definition) is 4. The van der Waals surface area contributed by atoms with Crippen molar-refractivity contribution in [1.82, 2.24) is 14.1 Å². The smallest absolute Gasteiger partial charge is 0.243 e. The fourth-order valence-electron chi connectivity index (χ4n) is 4.69. The lowest BCUT2D eigenvalue weighted by atomic mass is 10.0. The first-order valence-electron chi connectivity index (χ1n) is 10.6. The van der Waals surface area contributed by atoms with E-state index in [1.165, 1.54) is 17.5 Å². The molecule has 0 unspecified atom stereocenters. The minimum Gasteiger partial charge on any atom is -0.341 e. The lowest BCUT2D eigenvalue weighted by molar-refractivity contribution is -0.134. The Morgan fingerprint density at radius 1 is 1.04 bits per heavy atom. The van der Waals surface area contributed by atoms with E-state index in [4.69, 9.17) is 0 Å². The van der Waals surface area contributed by atoms with Gasteiger partial charge in [-0.1, -0.05) is 13.0 Å². The second-order valence-electron chi connectivity index (χ2n) is 8.55. The van der Waals surface area contributed by atoms with Crippen LogP contribution in [0, 0.1) is 5.92 Å². The summed E-state index contributed by atoms with van der Waals surface area (Å²) < 4.78 is 27.6. The van der Waals surface area contributed by atoms with Gasteiger partial charge < -0.3 is 4.90 Å². The minimum atomic E-state index is -3.45. The average molecular weight is 406 g/mol. The summed E-state index contributed by atoms with van der Waals surface area (Å²) in [6.07, 6.45) is 5.42. The van der Waals surface area contributed by atoms with E-state index in [9.17, 15) is 13.2 Å². The molecule has 2 aliphatic heterocycles. The van der Waals surface area contributed by atoms with Gasteiger partial charge in [0.15, 0.2) is 0 Å². The molecule has 0 saturated carbocycles. The molecule has 0 bridgehead atoms. The molecule has 0 N–H and O–H groups in total. The Kier molecular flexibility index (Phi) is 5.76. The van der Waals surface area contributed by atoms with Gasteiger partial charge in [-0.15, -0.1) is 0 Å². The molecule has 0 radical (unpaired) electrons. The van der Waals surface area contributed by atoms with E-state index in [0.29, 0.717) is 43.5 Å². The summed E-state index contributed by atoms with van der Waals surface area (Å²) in [5.74, 6) is 0.758. The molecular formula is C21H31N3O3S. The average Bonchev–Trinajstić information content (AvgIpc) is 3.16. The molecular weight excluding hydrogens is 374 g/mol. The fourth-order valence-corrected chi connectivity index (χ4v) is 6.17. The monoisotopic (exact) mass is 405 g/mol. The Labute approximate surface area is 168 Å². The Morgan fingerprint density at radius 2 is 1.79 bits per heavy atom. The number of amides is 1. The maximum Gasteiger partial charge on any atom is 0.243 e. The summed E-state index contributed by atoms with van der Waals surface area (Å²) in [4.78, 5) is 17.1. The summed E-state index contributed by atoms with van der Waals surface area (Å²) in [6, 6.07) is 5.60. The normalized spacial score (nSPS) is 24.3. The lowest BCUT2D eigenvalue weighted by Crippen LogP contribution is -2.52. The van der Waals surface area contributed by atoms with Crippen LogP contribution in [0.25, 0.3) is 0 Å². The van der Waals surface area contributed by atoms with Crippen molar-refractivity contribution in [3.8, 4) is 0 Å². The van der Waals surface area contributed by atoms with E-state index >= 15 is 0 Å². The molecule has 1 aromatic rings. The lowest BCUT2D eigenvalue weighted by Gasteiger charge is -2.36. The van der Waals surface area contributed by atoms with Crippen LogP contribution in [0.3, 0.4) is 0 Å². The van der Waals surface area contributed by atoms with Crippen molar-refractivity contribution in [2.75, 3.05) is 45.8 Å². The van der Waals surface area contributed by atoms with Crippen molar-refractivity contribution < 1.29 is 13.2 Å². The predicted octanol–water partition coefficient (Wildman–Crippen LogP) is 1.74. The van der Waals surface area contributed by atoms with E-state index in [-0.39, 0.29) is 5.91 Å². The van der Waals surface area contributed by atoms with Crippen molar-refractivity contribution in [3.05, 3.63) is 29.3 Å². The molecule has 1 aliphatic carbocycles. The molecule has 0 spiro atoms. The third-order valence-electron chi connectivity index (χ3n) is 6.41. The number of fused-ring (bicyclic) bond motifs is 1. The molecule has 7 heteroatoms. The zero-order valence-electron chi connectivity index (χ0n) is 16.8. The largest absolute Gasteiger partial charge is 0.341 e. The number of benzene rings is 1. The molecule has 1 aromatic carbocycles. The zero-order chi connectivity index (χ0) is 19.7. The van der Waals surface area contributed by atoms with Crippen molar-refractivity contribution in [3.63, 3.8) is 0 Å². The third-order valence-corrected chi connectivity index (χ3v) is 8.30. The molecule has 6 nitrogen and oxygen atoms in total. The topological polar surface area (TPSA) is 60.9 Å². The minimum absolute atomic E-state index is 0.182. The Bertz CT molecular complexity index is 831. The van der Waals surface area contributed by atoms with Crippen LogP contribution in [0.1, 0.15) is 37.3 Å². The van der Waals surface area contributed by atoms with Crippen LogP contribution in [-0.4, -0.2) is 74.2 Å². The van der Waals surface area contributed by atoms with E-state index in [1.807, 2.05) is 17.0 Å². The van der Waals surface area contributed by atoms with Gasteiger partial charge in [0.25, 0.3) is 0 Å².